The molecule has 1 aromatic carbocycles. The molecule has 0 spiro atoms. The topological polar surface area (TPSA) is 29.1 Å². The van der Waals surface area contributed by atoms with E-state index >= 15 is 0 Å². The summed E-state index contributed by atoms with van der Waals surface area (Å²) in [5.74, 6) is 0. The lowest BCUT2D eigenvalue weighted by Crippen LogP contribution is -2.36. The molecule has 1 aliphatic heterocycles. The second-order valence-electron chi connectivity index (χ2n) is 4.88. The molecule has 2 rings (SSSR count). The Morgan fingerprint density at radius 1 is 1.47 bits per heavy atom. The lowest BCUT2D eigenvalue weighted by Gasteiger charge is -2.38. The normalized spacial score (nSPS) is 22.7. The number of rotatable bonds is 2. The van der Waals surface area contributed by atoms with Gasteiger partial charge in [0.2, 0.25) is 0 Å². The molecule has 1 unspecified atom stereocenters. The third-order valence-electron chi connectivity index (χ3n) is 3.15. The molecule has 80 valence electrons. The summed E-state index contributed by atoms with van der Waals surface area (Å²) in [5.41, 5.74) is 2.70. The maximum atomic E-state index is 10.6. The van der Waals surface area contributed by atoms with E-state index in [4.69, 9.17) is 0 Å². The van der Waals surface area contributed by atoms with Crippen LogP contribution in [-0.4, -0.2) is 12.3 Å². The van der Waals surface area contributed by atoms with Gasteiger partial charge in [-0.05, 0) is 23.5 Å². The zero-order valence-corrected chi connectivity index (χ0v) is 9.29. The molecule has 0 bridgehead atoms. The van der Waals surface area contributed by atoms with Crippen LogP contribution in [0.15, 0.2) is 24.3 Å². The van der Waals surface area contributed by atoms with Crippen molar-refractivity contribution in [3.8, 4) is 0 Å². The van der Waals surface area contributed by atoms with Crippen LogP contribution in [0, 0.1) is 0 Å². The lowest BCUT2D eigenvalue weighted by molar-refractivity contribution is -0.108. The Labute approximate surface area is 90.7 Å². The van der Waals surface area contributed by atoms with Crippen molar-refractivity contribution >= 4 is 12.0 Å². The largest absolute Gasteiger partial charge is 0.382 e. The average Bonchev–Trinajstić information content (AvgIpc) is 2.17. The number of aldehydes is 1. The van der Waals surface area contributed by atoms with Gasteiger partial charge in [0.15, 0.2) is 0 Å². The number of hydrogen-bond donors (Lipinski definition) is 1. The highest BCUT2D eigenvalue weighted by Crippen LogP contribution is 2.39. The van der Waals surface area contributed by atoms with Gasteiger partial charge in [0, 0.05) is 18.2 Å². The van der Waals surface area contributed by atoms with Crippen LogP contribution in [-0.2, 0) is 10.2 Å². The minimum atomic E-state index is 0.162. The van der Waals surface area contributed by atoms with Crippen LogP contribution in [0.3, 0.4) is 0 Å². The Morgan fingerprint density at radius 3 is 2.93 bits per heavy atom. The van der Waals surface area contributed by atoms with Crippen molar-refractivity contribution in [3.05, 3.63) is 29.8 Å². The molecule has 1 aromatic rings. The van der Waals surface area contributed by atoms with E-state index in [0.29, 0.717) is 6.42 Å². The first-order valence-corrected chi connectivity index (χ1v) is 5.43. The maximum Gasteiger partial charge on any atom is 0.122 e. The van der Waals surface area contributed by atoms with Crippen LogP contribution in [0.1, 0.15) is 32.3 Å². The predicted octanol–water partition coefficient (Wildman–Crippen LogP) is 2.74. The molecule has 1 N–H and O–H groups in total. The summed E-state index contributed by atoms with van der Waals surface area (Å²) in [7, 11) is 0. The minimum Gasteiger partial charge on any atom is -0.382 e. The Hall–Kier alpha value is -1.31. The smallest absolute Gasteiger partial charge is 0.122 e. The monoisotopic (exact) mass is 203 g/mol. The third-order valence-corrected chi connectivity index (χ3v) is 3.15. The number of para-hydroxylation sites is 1. The molecule has 0 amide bonds. The van der Waals surface area contributed by atoms with E-state index in [0.717, 1.165) is 12.7 Å². The minimum absolute atomic E-state index is 0.162. The van der Waals surface area contributed by atoms with Gasteiger partial charge in [-0.3, -0.25) is 0 Å². The van der Waals surface area contributed by atoms with E-state index in [1.165, 1.54) is 11.3 Å². The lowest BCUT2D eigenvalue weighted by atomic mass is 9.75. The quantitative estimate of drug-likeness (QED) is 0.749. The highest BCUT2D eigenvalue weighted by molar-refractivity contribution is 5.60. The molecule has 0 fully saturated rings. The summed E-state index contributed by atoms with van der Waals surface area (Å²) >= 11 is 0. The Morgan fingerprint density at radius 2 is 2.20 bits per heavy atom. The maximum absolute atomic E-state index is 10.6. The highest BCUT2D eigenvalue weighted by Gasteiger charge is 2.31. The Kier molecular flexibility index (Phi) is 2.51. The fourth-order valence-corrected chi connectivity index (χ4v) is 2.45. The van der Waals surface area contributed by atoms with E-state index in [9.17, 15) is 4.79 Å². The molecule has 2 heteroatoms. The van der Waals surface area contributed by atoms with E-state index < -0.39 is 0 Å². The van der Waals surface area contributed by atoms with Crippen LogP contribution < -0.4 is 5.32 Å². The number of carbonyl (C=O) groups is 1. The van der Waals surface area contributed by atoms with Crippen LogP contribution in [0.4, 0.5) is 5.69 Å². The summed E-state index contributed by atoms with van der Waals surface area (Å²) in [6, 6.07) is 8.65. The standard InChI is InChI=1S/C13H17NO/c1-13(2)9-10(7-8-15)14-12-6-4-3-5-11(12)13/h3-6,8,10,14H,7,9H2,1-2H3. The van der Waals surface area contributed by atoms with Crippen LogP contribution in [0.25, 0.3) is 0 Å². The van der Waals surface area contributed by atoms with Crippen molar-refractivity contribution < 1.29 is 4.79 Å². The summed E-state index contributed by atoms with van der Waals surface area (Å²) in [6.45, 7) is 4.48. The van der Waals surface area contributed by atoms with Gasteiger partial charge >= 0.3 is 0 Å². The molecule has 2 nitrogen and oxygen atoms in total. The van der Waals surface area contributed by atoms with Crippen molar-refractivity contribution in [3.63, 3.8) is 0 Å². The third kappa shape index (κ3) is 1.89. The fourth-order valence-electron chi connectivity index (χ4n) is 2.45. The van der Waals surface area contributed by atoms with Gasteiger partial charge in [-0.2, -0.15) is 0 Å². The molecule has 0 aliphatic carbocycles. The Bertz CT molecular complexity index is 371. The molecule has 1 atom stereocenters. The first-order chi connectivity index (χ1) is 7.13. The fraction of sp³-hybridized carbons (Fsp3) is 0.462. The summed E-state index contributed by atoms with van der Waals surface area (Å²) in [4.78, 5) is 10.6. The molecule has 15 heavy (non-hydrogen) atoms. The number of carbonyl (C=O) groups excluding carboxylic acids is 1. The number of fused-ring (bicyclic) bond motifs is 1. The molecule has 0 aromatic heterocycles. The van der Waals surface area contributed by atoms with E-state index in [2.05, 4.69) is 37.4 Å². The van der Waals surface area contributed by atoms with Crippen molar-refractivity contribution in [1.82, 2.24) is 0 Å². The van der Waals surface area contributed by atoms with Crippen LogP contribution >= 0.6 is 0 Å². The molecule has 0 saturated heterocycles. The van der Waals surface area contributed by atoms with Crippen molar-refractivity contribution in [2.75, 3.05) is 5.32 Å². The Balaban J connectivity index is 2.34. The highest BCUT2D eigenvalue weighted by atomic mass is 16.1. The molecular weight excluding hydrogens is 186 g/mol. The first kappa shape index (κ1) is 10.2. The molecule has 0 saturated carbocycles. The summed E-state index contributed by atoms with van der Waals surface area (Å²) < 4.78 is 0. The van der Waals surface area contributed by atoms with E-state index in [1.807, 2.05) is 6.07 Å². The number of anilines is 1. The van der Waals surface area contributed by atoms with Gasteiger partial charge in [-0.25, -0.2) is 0 Å². The van der Waals surface area contributed by atoms with Crippen LogP contribution in [0.2, 0.25) is 0 Å². The molecule has 1 heterocycles. The van der Waals surface area contributed by atoms with Gasteiger partial charge in [0.25, 0.3) is 0 Å². The summed E-state index contributed by atoms with van der Waals surface area (Å²) in [6.07, 6.45) is 2.61. The van der Waals surface area contributed by atoms with Crippen molar-refractivity contribution in [2.24, 2.45) is 0 Å². The molecule has 0 radical (unpaired) electrons. The van der Waals surface area contributed by atoms with Crippen molar-refractivity contribution in [1.29, 1.82) is 0 Å². The van der Waals surface area contributed by atoms with Gasteiger partial charge in [-0.15, -0.1) is 0 Å². The van der Waals surface area contributed by atoms with Gasteiger partial charge in [0.05, 0.1) is 0 Å². The SMILES string of the molecule is CC1(C)CC(CC=O)Nc2ccccc21. The number of nitrogens with one attached hydrogen (secondary N) is 1. The van der Waals surface area contributed by atoms with Gasteiger partial charge in [0.1, 0.15) is 6.29 Å². The van der Waals surface area contributed by atoms with Gasteiger partial charge < -0.3 is 10.1 Å². The van der Waals surface area contributed by atoms with Gasteiger partial charge in [-0.1, -0.05) is 32.0 Å². The summed E-state index contributed by atoms with van der Waals surface area (Å²) in [5, 5.41) is 3.42. The number of hydrogen-bond acceptors (Lipinski definition) is 2. The predicted molar refractivity (Wildman–Crippen MR) is 62.2 cm³/mol. The zero-order valence-electron chi connectivity index (χ0n) is 9.29. The molecule has 1 aliphatic rings. The first-order valence-electron chi connectivity index (χ1n) is 5.43. The zero-order chi connectivity index (χ0) is 10.9. The average molecular weight is 203 g/mol. The van der Waals surface area contributed by atoms with E-state index in [-0.39, 0.29) is 11.5 Å². The second kappa shape index (κ2) is 3.69. The number of benzene rings is 1. The van der Waals surface area contributed by atoms with Crippen molar-refractivity contribution in [2.45, 2.75) is 38.1 Å². The molecular formula is C13H17NO. The van der Waals surface area contributed by atoms with E-state index in [1.54, 1.807) is 0 Å². The van der Waals surface area contributed by atoms with Crippen LogP contribution in [0.5, 0.6) is 0 Å². The second-order valence-corrected chi connectivity index (χ2v) is 4.88.